The highest BCUT2D eigenvalue weighted by Gasteiger charge is 2.25. The van der Waals surface area contributed by atoms with Gasteiger partial charge in [-0.3, -0.25) is 4.55 Å². The van der Waals surface area contributed by atoms with E-state index in [1.165, 1.54) is 24.3 Å². The van der Waals surface area contributed by atoms with Crippen LogP contribution >= 0.6 is 10.9 Å². The Balaban J connectivity index is 2.84. The van der Waals surface area contributed by atoms with Crippen LogP contribution in [0.5, 0.6) is 0 Å². The molecule has 0 fully saturated rings. The summed E-state index contributed by atoms with van der Waals surface area (Å²) >= 11 is 0. The third kappa shape index (κ3) is 3.32. The maximum Gasteiger partial charge on any atom is 0.295 e. The molecular weight excluding hydrogens is 332 g/mol. The first-order valence-corrected chi connectivity index (χ1v) is 8.72. The Hall–Kier alpha value is -1.82. The minimum Gasteiger partial charge on any atom is -0.399 e. The van der Waals surface area contributed by atoms with Crippen LogP contribution in [0.4, 0.5) is 11.4 Å². The number of nitrogens with two attached hydrogens (primary N) is 2. The summed E-state index contributed by atoms with van der Waals surface area (Å²) in [7, 11) is -8.79. The highest BCUT2D eigenvalue weighted by atomic mass is 32.3. The molecule has 10 heteroatoms. The molecule has 8 N–H and O–H groups in total. The Kier molecular flexibility index (Phi) is 4.08. The summed E-state index contributed by atoms with van der Waals surface area (Å²) in [5, 5.41) is 0. The van der Waals surface area contributed by atoms with Gasteiger partial charge in [-0.25, -0.2) is 0 Å². The molecule has 2 aromatic carbocycles. The summed E-state index contributed by atoms with van der Waals surface area (Å²) in [6.07, 6.45) is 0. The van der Waals surface area contributed by atoms with Gasteiger partial charge in [0.25, 0.3) is 10.1 Å². The molecule has 2 aromatic rings. The molecule has 0 aliphatic rings. The molecule has 0 atom stereocenters. The Morgan fingerprint density at radius 1 is 0.727 bits per heavy atom. The Morgan fingerprint density at radius 2 is 1.14 bits per heavy atom. The van der Waals surface area contributed by atoms with E-state index in [2.05, 4.69) is 0 Å². The van der Waals surface area contributed by atoms with Crippen LogP contribution in [0.3, 0.4) is 0 Å². The number of hydrogen-bond donors (Lipinski definition) is 6. The van der Waals surface area contributed by atoms with Crippen molar-refractivity contribution in [3.8, 4) is 11.1 Å². The average molecular weight is 346 g/mol. The van der Waals surface area contributed by atoms with Gasteiger partial charge in [0.05, 0.1) is 4.90 Å². The Morgan fingerprint density at radius 3 is 1.55 bits per heavy atom. The number of benzene rings is 2. The van der Waals surface area contributed by atoms with Crippen LogP contribution in [0.25, 0.3) is 11.1 Å². The highest BCUT2D eigenvalue weighted by Crippen LogP contribution is 2.50. The molecule has 0 amide bonds. The zero-order chi connectivity index (χ0) is 16.7. The molecule has 8 nitrogen and oxygen atoms in total. The number of anilines is 2. The van der Waals surface area contributed by atoms with Crippen molar-refractivity contribution < 1.29 is 26.6 Å². The number of rotatable bonds is 3. The molecule has 0 aliphatic carbocycles. The lowest BCUT2D eigenvalue weighted by molar-refractivity contribution is 0.376. The molecule has 0 aliphatic heterocycles. The van der Waals surface area contributed by atoms with Gasteiger partial charge in [-0.1, -0.05) is 12.1 Å². The average Bonchev–Trinajstić information content (AvgIpc) is 2.37. The lowest BCUT2D eigenvalue weighted by atomic mass is 10.0. The van der Waals surface area contributed by atoms with Crippen LogP contribution in [0.1, 0.15) is 0 Å². The predicted octanol–water partition coefficient (Wildman–Crippen LogP) is 2.35. The van der Waals surface area contributed by atoms with Crippen molar-refractivity contribution in [2.45, 2.75) is 9.79 Å². The summed E-state index contributed by atoms with van der Waals surface area (Å²) in [6.45, 7) is 0. The summed E-state index contributed by atoms with van der Waals surface area (Å²) in [5.74, 6) is 0. The molecule has 22 heavy (non-hydrogen) atoms. The third-order valence-electron chi connectivity index (χ3n) is 2.87. The van der Waals surface area contributed by atoms with Crippen molar-refractivity contribution in [1.29, 1.82) is 0 Å². The SMILES string of the molecule is Nc1ccc(-c2ccc(N)cc2S(=O)(=O)O)c(S(O)(O)O)c1. The van der Waals surface area contributed by atoms with E-state index < -0.39 is 25.9 Å². The van der Waals surface area contributed by atoms with E-state index >= 15 is 0 Å². The lowest BCUT2D eigenvalue weighted by Gasteiger charge is -2.23. The van der Waals surface area contributed by atoms with Gasteiger partial charge in [0.2, 0.25) is 0 Å². The van der Waals surface area contributed by atoms with Crippen LogP contribution in [0.15, 0.2) is 46.2 Å². The summed E-state index contributed by atoms with van der Waals surface area (Å²) < 4.78 is 60.8. The van der Waals surface area contributed by atoms with E-state index in [9.17, 15) is 26.6 Å². The van der Waals surface area contributed by atoms with E-state index in [-0.39, 0.29) is 27.4 Å². The quantitative estimate of drug-likeness (QED) is 0.363. The molecule has 0 heterocycles. The second-order valence-electron chi connectivity index (χ2n) is 4.51. The van der Waals surface area contributed by atoms with Crippen molar-refractivity contribution in [2.75, 3.05) is 11.5 Å². The van der Waals surface area contributed by atoms with Crippen molar-refractivity contribution in [3.63, 3.8) is 0 Å². The van der Waals surface area contributed by atoms with Gasteiger partial charge >= 0.3 is 0 Å². The fourth-order valence-electron chi connectivity index (χ4n) is 1.96. The Labute approximate surface area is 128 Å². The minimum absolute atomic E-state index is 0.00988. The van der Waals surface area contributed by atoms with E-state index in [0.717, 1.165) is 12.1 Å². The van der Waals surface area contributed by atoms with E-state index in [1.807, 2.05) is 0 Å². The van der Waals surface area contributed by atoms with Crippen molar-refractivity contribution in [3.05, 3.63) is 36.4 Å². The van der Waals surface area contributed by atoms with Gasteiger partial charge < -0.3 is 25.1 Å². The molecule has 0 unspecified atom stereocenters. The van der Waals surface area contributed by atoms with Crippen molar-refractivity contribution in [2.24, 2.45) is 0 Å². The van der Waals surface area contributed by atoms with Gasteiger partial charge in [0.1, 0.15) is 15.8 Å². The molecule has 0 saturated heterocycles. The van der Waals surface area contributed by atoms with Crippen LogP contribution in [0.2, 0.25) is 0 Å². The molecule has 120 valence electrons. The molecule has 0 saturated carbocycles. The maximum atomic E-state index is 11.5. The second kappa shape index (κ2) is 5.43. The van der Waals surface area contributed by atoms with Gasteiger partial charge in [0.15, 0.2) is 0 Å². The molecule has 0 radical (unpaired) electrons. The monoisotopic (exact) mass is 346 g/mol. The summed E-state index contributed by atoms with van der Waals surface area (Å²) in [5.41, 5.74) is 11.2. The van der Waals surface area contributed by atoms with E-state index in [4.69, 9.17) is 11.5 Å². The fourth-order valence-corrected chi connectivity index (χ4v) is 3.47. The first-order chi connectivity index (χ1) is 10.00. The normalized spacial score (nSPS) is 13.1. The first-order valence-electron chi connectivity index (χ1n) is 5.78. The molecule has 0 bridgehead atoms. The van der Waals surface area contributed by atoms with Crippen LogP contribution in [0, 0.1) is 0 Å². The zero-order valence-electron chi connectivity index (χ0n) is 11.0. The molecular formula is C12H14N2O6S2. The standard InChI is InChI=1S/C12H14N2O6S2/c13-7-1-3-9(11(5-7)21(15,16)17)10-4-2-8(14)6-12(10)22(18,19)20/h1-6,15-17H,13-14H2,(H,18,19,20). The summed E-state index contributed by atoms with van der Waals surface area (Å²) in [4.78, 5) is -0.885. The maximum absolute atomic E-state index is 11.5. The number of nitrogen functional groups attached to an aromatic ring is 2. The van der Waals surface area contributed by atoms with E-state index in [1.54, 1.807) is 0 Å². The van der Waals surface area contributed by atoms with Gasteiger partial charge in [-0.15, -0.1) is 0 Å². The third-order valence-corrected chi connectivity index (χ3v) is 4.70. The molecule has 2 rings (SSSR count). The number of hydrogen-bond acceptors (Lipinski definition) is 7. The minimum atomic E-state index is -4.62. The first kappa shape index (κ1) is 16.5. The largest absolute Gasteiger partial charge is 0.399 e. The fraction of sp³-hybridized carbons (Fsp3) is 0. The van der Waals surface area contributed by atoms with Crippen molar-refractivity contribution >= 4 is 32.4 Å². The van der Waals surface area contributed by atoms with Crippen LogP contribution in [-0.4, -0.2) is 26.6 Å². The van der Waals surface area contributed by atoms with Crippen molar-refractivity contribution in [1.82, 2.24) is 0 Å². The highest BCUT2D eigenvalue weighted by molar-refractivity contribution is 8.19. The molecule has 0 spiro atoms. The molecule has 0 aromatic heterocycles. The van der Waals surface area contributed by atoms with Gasteiger partial charge in [0, 0.05) is 22.5 Å². The Bertz CT molecular complexity index is 830. The lowest BCUT2D eigenvalue weighted by Crippen LogP contribution is -2.05. The van der Waals surface area contributed by atoms with Crippen LogP contribution < -0.4 is 11.5 Å². The topological polar surface area (TPSA) is 167 Å². The smallest absolute Gasteiger partial charge is 0.295 e. The zero-order valence-corrected chi connectivity index (χ0v) is 12.7. The predicted molar refractivity (Wildman–Crippen MR) is 84.3 cm³/mol. The van der Waals surface area contributed by atoms with Gasteiger partial charge in [-0.05, 0) is 24.3 Å². The van der Waals surface area contributed by atoms with Gasteiger partial charge in [-0.2, -0.15) is 8.42 Å². The van der Waals surface area contributed by atoms with Crippen LogP contribution in [-0.2, 0) is 10.1 Å². The summed E-state index contributed by atoms with van der Waals surface area (Å²) in [6, 6.07) is 7.46. The van der Waals surface area contributed by atoms with E-state index in [0.29, 0.717) is 0 Å². The second-order valence-corrected chi connectivity index (χ2v) is 7.37.